The van der Waals surface area contributed by atoms with Crippen molar-refractivity contribution < 1.29 is 9.53 Å². The molecule has 2 aromatic rings. The van der Waals surface area contributed by atoms with Gasteiger partial charge in [-0.1, -0.05) is 18.2 Å². The molecule has 0 aliphatic heterocycles. The molecule has 84 valence electrons. The Morgan fingerprint density at radius 1 is 1.38 bits per heavy atom. The number of hydrogen-bond acceptors (Lipinski definition) is 2. The SMILES string of the molecule is CCOC(=O)Cc1cn(C)c2ccccc12. The Morgan fingerprint density at radius 2 is 2.12 bits per heavy atom. The van der Waals surface area contributed by atoms with Gasteiger partial charge in [-0.15, -0.1) is 0 Å². The van der Waals surface area contributed by atoms with Crippen LogP contribution in [0.15, 0.2) is 30.5 Å². The highest BCUT2D eigenvalue weighted by molar-refractivity contribution is 5.87. The first kappa shape index (κ1) is 10.7. The van der Waals surface area contributed by atoms with Gasteiger partial charge in [-0.2, -0.15) is 0 Å². The van der Waals surface area contributed by atoms with Crippen molar-refractivity contribution in [2.75, 3.05) is 6.61 Å². The number of carbonyl (C=O) groups excluding carboxylic acids is 1. The molecule has 0 amide bonds. The third-order valence-electron chi connectivity index (χ3n) is 2.62. The molecule has 0 fully saturated rings. The summed E-state index contributed by atoms with van der Waals surface area (Å²) in [6, 6.07) is 8.06. The molecule has 0 aliphatic rings. The highest BCUT2D eigenvalue weighted by Crippen LogP contribution is 2.20. The summed E-state index contributed by atoms with van der Waals surface area (Å²) < 4.78 is 6.99. The number of aryl methyl sites for hydroxylation is 1. The fourth-order valence-corrected chi connectivity index (χ4v) is 1.93. The van der Waals surface area contributed by atoms with Gasteiger partial charge in [0.2, 0.25) is 0 Å². The smallest absolute Gasteiger partial charge is 0.310 e. The van der Waals surface area contributed by atoms with Gasteiger partial charge in [0.1, 0.15) is 0 Å². The average Bonchev–Trinajstić information content (AvgIpc) is 2.57. The predicted molar refractivity (Wildman–Crippen MR) is 63.3 cm³/mol. The third-order valence-corrected chi connectivity index (χ3v) is 2.62. The molecule has 1 heterocycles. The number of rotatable bonds is 3. The summed E-state index contributed by atoms with van der Waals surface area (Å²) in [6.07, 6.45) is 2.33. The molecule has 0 bridgehead atoms. The van der Waals surface area contributed by atoms with E-state index in [0.29, 0.717) is 13.0 Å². The maximum atomic E-state index is 11.4. The zero-order valence-corrected chi connectivity index (χ0v) is 9.56. The molecule has 0 spiro atoms. The number of ether oxygens (including phenoxy) is 1. The minimum absolute atomic E-state index is 0.168. The number of carbonyl (C=O) groups is 1. The summed E-state index contributed by atoms with van der Waals surface area (Å²) >= 11 is 0. The van der Waals surface area contributed by atoms with Gasteiger partial charge in [-0.3, -0.25) is 4.79 Å². The van der Waals surface area contributed by atoms with Crippen LogP contribution >= 0.6 is 0 Å². The lowest BCUT2D eigenvalue weighted by Crippen LogP contribution is -2.07. The lowest BCUT2D eigenvalue weighted by molar-refractivity contribution is -0.142. The summed E-state index contributed by atoms with van der Waals surface area (Å²) in [5.41, 5.74) is 2.17. The largest absolute Gasteiger partial charge is 0.466 e. The maximum Gasteiger partial charge on any atom is 0.310 e. The molecule has 0 saturated heterocycles. The third kappa shape index (κ3) is 1.94. The lowest BCUT2D eigenvalue weighted by atomic mass is 10.1. The standard InChI is InChI=1S/C13H15NO2/c1-3-16-13(15)8-10-9-14(2)12-7-5-4-6-11(10)12/h4-7,9H,3,8H2,1-2H3. The van der Waals surface area contributed by atoms with E-state index in [-0.39, 0.29) is 5.97 Å². The van der Waals surface area contributed by atoms with Gasteiger partial charge in [0.05, 0.1) is 13.0 Å². The van der Waals surface area contributed by atoms with Crippen LogP contribution in [0.2, 0.25) is 0 Å². The van der Waals surface area contributed by atoms with E-state index in [1.54, 1.807) is 0 Å². The van der Waals surface area contributed by atoms with Gasteiger partial charge in [0, 0.05) is 24.1 Å². The fraction of sp³-hybridized carbons (Fsp3) is 0.308. The van der Waals surface area contributed by atoms with Crippen LogP contribution in [-0.4, -0.2) is 17.1 Å². The summed E-state index contributed by atoms with van der Waals surface area (Å²) in [5.74, 6) is -0.168. The van der Waals surface area contributed by atoms with E-state index in [4.69, 9.17) is 4.74 Å². The topological polar surface area (TPSA) is 31.2 Å². The van der Waals surface area contributed by atoms with Gasteiger partial charge in [0.15, 0.2) is 0 Å². The number of benzene rings is 1. The molecule has 3 heteroatoms. The summed E-state index contributed by atoms with van der Waals surface area (Å²) in [7, 11) is 1.98. The van der Waals surface area contributed by atoms with Gasteiger partial charge < -0.3 is 9.30 Å². The first-order chi connectivity index (χ1) is 7.72. The second-order valence-electron chi connectivity index (χ2n) is 3.76. The van der Waals surface area contributed by atoms with Gasteiger partial charge in [0.25, 0.3) is 0 Å². The van der Waals surface area contributed by atoms with Crippen LogP contribution in [0.4, 0.5) is 0 Å². The monoisotopic (exact) mass is 217 g/mol. The predicted octanol–water partition coefficient (Wildman–Crippen LogP) is 2.28. The Hall–Kier alpha value is -1.77. The number of hydrogen-bond donors (Lipinski definition) is 0. The van der Waals surface area contributed by atoms with E-state index in [9.17, 15) is 4.79 Å². The first-order valence-electron chi connectivity index (χ1n) is 5.41. The van der Waals surface area contributed by atoms with Crippen LogP contribution in [0.3, 0.4) is 0 Å². The molecule has 0 unspecified atom stereocenters. The second-order valence-corrected chi connectivity index (χ2v) is 3.76. The molecule has 1 aromatic heterocycles. The summed E-state index contributed by atoms with van der Waals surface area (Å²) in [5, 5.41) is 1.12. The molecule has 16 heavy (non-hydrogen) atoms. The van der Waals surface area contributed by atoms with Crippen molar-refractivity contribution in [1.82, 2.24) is 4.57 Å². The molecular formula is C13H15NO2. The number of esters is 1. The van der Waals surface area contributed by atoms with Crippen LogP contribution in [0.1, 0.15) is 12.5 Å². The van der Waals surface area contributed by atoms with E-state index in [2.05, 4.69) is 0 Å². The second kappa shape index (κ2) is 4.39. The van der Waals surface area contributed by atoms with E-state index < -0.39 is 0 Å². The normalized spacial score (nSPS) is 10.6. The first-order valence-corrected chi connectivity index (χ1v) is 5.41. The van der Waals surface area contributed by atoms with Gasteiger partial charge >= 0.3 is 5.97 Å². The van der Waals surface area contributed by atoms with Crippen molar-refractivity contribution in [3.63, 3.8) is 0 Å². The van der Waals surface area contributed by atoms with E-state index in [1.165, 1.54) is 0 Å². The molecule has 0 radical (unpaired) electrons. The van der Waals surface area contributed by atoms with E-state index >= 15 is 0 Å². The zero-order valence-electron chi connectivity index (χ0n) is 9.56. The van der Waals surface area contributed by atoms with Crippen molar-refractivity contribution >= 4 is 16.9 Å². The average molecular weight is 217 g/mol. The van der Waals surface area contributed by atoms with Crippen LogP contribution in [-0.2, 0) is 23.0 Å². The van der Waals surface area contributed by atoms with E-state index in [1.807, 2.05) is 49.0 Å². The fourth-order valence-electron chi connectivity index (χ4n) is 1.93. The molecule has 2 rings (SSSR count). The van der Waals surface area contributed by atoms with Crippen molar-refractivity contribution in [1.29, 1.82) is 0 Å². The molecule has 0 saturated carbocycles. The Morgan fingerprint density at radius 3 is 2.88 bits per heavy atom. The number of nitrogens with zero attached hydrogens (tertiary/aromatic N) is 1. The highest BCUT2D eigenvalue weighted by Gasteiger charge is 2.10. The number of fused-ring (bicyclic) bond motifs is 1. The van der Waals surface area contributed by atoms with Crippen LogP contribution in [0, 0.1) is 0 Å². The Labute approximate surface area is 94.6 Å². The molecule has 0 N–H and O–H groups in total. The lowest BCUT2D eigenvalue weighted by Gasteiger charge is -2.00. The maximum absolute atomic E-state index is 11.4. The van der Waals surface area contributed by atoms with E-state index in [0.717, 1.165) is 16.5 Å². The van der Waals surface area contributed by atoms with Crippen molar-refractivity contribution in [2.24, 2.45) is 7.05 Å². The van der Waals surface area contributed by atoms with Crippen LogP contribution in [0.25, 0.3) is 10.9 Å². The van der Waals surface area contributed by atoms with Gasteiger partial charge in [-0.25, -0.2) is 0 Å². The number of aromatic nitrogens is 1. The molecule has 3 nitrogen and oxygen atoms in total. The highest BCUT2D eigenvalue weighted by atomic mass is 16.5. The Balaban J connectivity index is 2.34. The molecular weight excluding hydrogens is 202 g/mol. The Bertz CT molecular complexity index is 514. The summed E-state index contributed by atoms with van der Waals surface area (Å²) in [4.78, 5) is 11.4. The van der Waals surface area contributed by atoms with Crippen molar-refractivity contribution in [3.05, 3.63) is 36.0 Å². The van der Waals surface area contributed by atoms with Crippen molar-refractivity contribution in [2.45, 2.75) is 13.3 Å². The summed E-state index contributed by atoms with van der Waals surface area (Å²) in [6.45, 7) is 2.25. The van der Waals surface area contributed by atoms with Crippen LogP contribution in [0.5, 0.6) is 0 Å². The minimum Gasteiger partial charge on any atom is -0.466 e. The number of para-hydroxylation sites is 1. The molecule has 0 aliphatic carbocycles. The minimum atomic E-state index is -0.168. The zero-order chi connectivity index (χ0) is 11.5. The van der Waals surface area contributed by atoms with Gasteiger partial charge in [-0.05, 0) is 18.6 Å². The Kier molecular flexibility index (Phi) is 2.95. The van der Waals surface area contributed by atoms with Crippen molar-refractivity contribution in [3.8, 4) is 0 Å². The molecule has 0 atom stereocenters. The van der Waals surface area contributed by atoms with Crippen LogP contribution < -0.4 is 0 Å². The molecule has 1 aromatic carbocycles. The quantitative estimate of drug-likeness (QED) is 0.738.